The van der Waals surface area contributed by atoms with Gasteiger partial charge in [0.15, 0.2) is 0 Å². The van der Waals surface area contributed by atoms with E-state index in [9.17, 15) is 9.59 Å². The van der Waals surface area contributed by atoms with Crippen molar-refractivity contribution in [2.45, 2.75) is 20.3 Å². The normalized spacial score (nSPS) is 10.7. The minimum Gasteiger partial charge on any atom is -0.322 e. The van der Waals surface area contributed by atoms with Gasteiger partial charge in [-0.05, 0) is 42.7 Å². The molecular formula is C19H18N2O2. The van der Waals surface area contributed by atoms with E-state index < -0.39 is 0 Å². The molecule has 1 heterocycles. The van der Waals surface area contributed by atoms with Gasteiger partial charge in [-0.2, -0.15) is 0 Å². The number of anilines is 1. The first-order chi connectivity index (χ1) is 11.1. The highest BCUT2D eigenvalue weighted by Crippen LogP contribution is 2.21. The SMILES string of the molecule is CCc1cc(=O)[nH]c2cc(NC(=O)c3ccccc3C)ccc12. The van der Waals surface area contributed by atoms with Crippen LogP contribution in [0, 0.1) is 6.92 Å². The van der Waals surface area contributed by atoms with Crippen LogP contribution in [-0.4, -0.2) is 10.9 Å². The van der Waals surface area contributed by atoms with Gasteiger partial charge in [0, 0.05) is 22.7 Å². The van der Waals surface area contributed by atoms with E-state index >= 15 is 0 Å². The second-order valence-electron chi connectivity index (χ2n) is 5.54. The third kappa shape index (κ3) is 3.01. The molecule has 4 heteroatoms. The zero-order valence-corrected chi connectivity index (χ0v) is 13.1. The topological polar surface area (TPSA) is 62.0 Å². The van der Waals surface area contributed by atoms with Gasteiger partial charge in [-0.25, -0.2) is 0 Å². The van der Waals surface area contributed by atoms with Crippen LogP contribution in [0.4, 0.5) is 5.69 Å². The number of aryl methyl sites for hydroxylation is 2. The molecule has 0 aliphatic carbocycles. The number of nitrogens with one attached hydrogen (secondary N) is 2. The second-order valence-corrected chi connectivity index (χ2v) is 5.54. The lowest BCUT2D eigenvalue weighted by molar-refractivity contribution is 0.102. The minimum atomic E-state index is -0.156. The van der Waals surface area contributed by atoms with E-state index in [0.29, 0.717) is 11.3 Å². The zero-order valence-electron chi connectivity index (χ0n) is 13.1. The summed E-state index contributed by atoms with van der Waals surface area (Å²) in [7, 11) is 0. The first-order valence-electron chi connectivity index (χ1n) is 7.61. The number of aromatic nitrogens is 1. The summed E-state index contributed by atoms with van der Waals surface area (Å²) in [5.41, 5.74) is 3.83. The molecule has 0 atom stereocenters. The maximum absolute atomic E-state index is 12.4. The number of hydrogen-bond acceptors (Lipinski definition) is 2. The molecule has 2 aromatic carbocycles. The van der Waals surface area contributed by atoms with Crippen molar-refractivity contribution in [3.63, 3.8) is 0 Å². The Morgan fingerprint density at radius 3 is 2.65 bits per heavy atom. The van der Waals surface area contributed by atoms with Crippen LogP contribution in [0.15, 0.2) is 53.3 Å². The van der Waals surface area contributed by atoms with Crippen LogP contribution < -0.4 is 10.9 Å². The van der Waals surface area contributed by atoms with E-state index in [1.165, 1.54) is 0 Å². The number of amides is 1. The van der Waals surface area contributed by atoms with Gasteiger partial charge < -0.3 is 10.3 Å². The van der Waals surface area contributed by atoms with Gasteiger partial charge in [-0.3, -0.25) is 9.59 Å². The first-order valence-corrected chi connectivity index (χ1v) is 7.61. The smallest absolute Gasteiger partial charge is 0.255 e. The maximum atomic E-state index is 12.4. The van der Waals surface area contributed by atoms with Gasteiger partial charge in [0.2, 0.25) is 5.56 Å². The highest BCUT2D eigenvalue weighted by Gasteiger charge is 2.09. The molecule has 0 saturated carbocycles. The number of rotatable bonds is 3. The molecule has 1 aromatic heterocycles. The molecule has 0 saturated heterocycles. The summed E-state index contributed by atoms with van der Waals surface area (Å²) in [5, 5.41) is 3.89. The molecule has 1 amide bonds. The molecule has 0 fully saturated rings. The average Bonchev–Trinajstić information content (AvgIpc) is 2.54. The van der Waals surface area contributed by atoms with Crippen molar-refractivity contribution in [2.24, 2.45) is 0 Å². The van der Waals surface area contributed by atoms with Crippen LogP contribution in [0.25, 0.3) is 10.9 Å². The Morgan fingerprint density at radius 2 is 1.91 bits per heavy atom. The van der Waals surface area contributed by atoms with Gasteiger partial charge >= 0.3 is 0 Å². The molecule has 4 nitrogen and oxygen atoms in total. The lowest BCUT2D eigenvalue weighted by Gasteiger charge is -2.09. The van der Waals surface area contributed by atoms with Crippen molar-refractivity contribution in [3.05, 3.63) is 75.6 Å². The van der Waals surface area contributed by atoms with E-state index in [-0.39, 0.29) is 11.5 Å². The quantitative estimate of drug-likeness (QED) is 0.776. The molecule has 0 radical (unpaired) electrons. The van der Waals surface area contributed by atoms with E-state index in [2.05, 4.69) is 10.3 Å². The second kappa shape index (κ2) is 6.08. The Labute approximate surface area is 134 Å². The summed E-state index contributed by atoms with van der Waals surface area (Å²) in [6, 6.07) is 14.6. The zero-order chi connectivity index (χ0) is 16.4. The summed E-state index contributed by atoms with van der Waals surface area (Å²) in [6.45, 7) is 3.92. The standard InChI is InChI=1S/C19H18N2O2/c1-3-13-10-18(22)21-17-11-14(8-9-16(13)17)20-19(23)15-7-5-4-6-12(15)2/h4-11H,3H2,1-2H3,(H,20,23)(H,21,22). The largest absolute Gasteiger partial charge is 0.322 e. The number of pyridine rings is 1. The minimum absolute atomic E-state index is 0.128. The van der Waals surface area contributed by atoms with Gasteiger partial charge in [0.05, 0.1) is 5.52 Å². The van der Waals surface area contributed by atoms with Crippen molar-refractivity contribution in [2.75, 3.05) is 5.32 Å². The fourth-order valence-corrected chi connectivity index (χ4v) is 2.73. The number of fused-ring (bicyclic) bond motifs is 1. The van der Waals surface area contributed by atoms with E-state index in [1.807, 2.05) is 44.2 Å². The van der Waals surface area contributed by atoms with Crippen LogP contribution in [0.1, 0.15) is 28.4 Å². The van der Waals surface area contributed by atoms with Crippen molar-refractivity contribution < 1.29 is 4.79 Å². The van der Waals surface area contributed by atoms with E-state index in [1.54, 1.807) is 18.2 Å². The van der Waals surface area contributed by atoms with Crippen LogP contribution >= 0.6 is 0 Å². The average molecular weight is 306 g/mol. The van der Waals surface area contributed by atoms with Gasteiger partial charge in [0.1, 0.15) is 0 Å². The van der Waals surface area contributed by atoms with Gasteiger partial charge in [0.25, 0.3) is 5.91 Å². The van der Waals surface area contributed by atoms with Crippen LogP contribution in [0.2, 0.25) is 0 Å². The van der Waals surface area contributed by atoms with Crippen LogP contribution in [0.3, 0.4) is 0 Å². The number of aromatic amines is 1. The molecule has 2 N–H and O–H groups in total. The summed E-state index contributed by atoms with van der Waals surface area (Å²) in [6.07, 6.45) is 0.787. The summed E-state index contributed by atoms with van der Waals surface area (Å²) >= 11 is 0. The number of hydrogen-bond donors (Lipinski definition) is 2. The fourth-order valence-electron chi connectivity index (χ4n) is 2.73. The fraction of sp³-hybridized carbons (Fsp3) is 0.158. The lowest BCUT2D eigenvalue weighted by atomic mass is 10.1. The number of H-pyrrole nitrogens is 1. The molecular weight excluding hydrogens is 288 g/mol. The monoisotopic (exact) mass is 306 g/mol. The van der Waals surface area contributed by atoms with E-state index in [4.69, 9.17) is 0 Å². The molecule has 0 spiro atoms. The molecule has 0 bridgehead atoms. The van der Waals surface area contributed by atoms with Gasteiger partial charge in [-0.1, -0.05) is 31.2 Å². The Balaban J connectivity index is 1.97. The number of benzene rings is 2. The predicted octanol–water partition coefficient (Wildman–Crippen LogP) is 3.65. The molecule has 116 valence electrons. The van der Waals surface area contributed by atoms with Crippen molar-refractivity contribution in [3.8, 4) is 0 Å². The highest BCUT2D eigenvalue weighted by atomic mass is 16.1. The molecule has 0 aliphatic rings. The number of carbonyl (C=O) groups excluding carboxylic acids is 1. The lowest BCUT2D eigenvalue weighted by Crippen LogP contribution is -2.13. The Hall–Kier alpha value is -2.88. The predicted molar refractivity (Wildman–Crippen MR) is 93.1 cm³/mol. The van der Waals surface area contributed by atoms with Crippen LogP contribution in [0.5, 0.6) is 0 Å². The highest BCUT2D eigenvalue weighted by molar-refractivity contribution is 6.06. The molecule has 0 aliphatic heterocycles. The molecule has 23 heavy (non-hydrogen) atoms. The van der Waals surface area contributed by atoms with Crippen molar-refractivity contribution in [1.82, 2.24) is 4.98 Å². The van der Waals surface area contributed by atoms with Crippen molar-refractivity contribution >= 4 is 22.5 Å². The maximum Gasteiger partial charge on any atom is 0.255 e. The number of carbonyl (C=O) groups is 1. The summed E-state index contributed by atoms with van der Waals surface area (Å²) in [5.74, 6) is -0.156. The van der Waals surface area contributed by atoms with Crippen molar-refractivity contribution in [1.29, 1.82) is 0 Å². The van der Waals surface area contributed by atoms with Gasteiger partial charge in [-0.15, -0.1) is 0 Å². The Bertz CT molecular complexity index is 941. The Kier molecular flexibility index (Phi) is 3.98. The summed E-state index contributed by atoms with van der Waals surface area (Å²) < 4.78 is 0. The first kappa shape index (κ1) is 15.0. The third-order valence-electron chi connectivity index (χ3n) is 3.96. The molecule has 3 aromatic rings. The molecule has 0 unspecified atom stereocenters. The summed E-state index contributed by atoms with van der Waals surface area (Å²) in [4.78, 5) is 26.9. The molecule has 3 rings (SSSR count). The Morgan fingerprint density at radius 1 is 1.13 bits per heavy atom. The van der Waals surface area contributed by atoms with Crippen LogP contribution in [-0.2, 0) is 6.42 Å². The van der Waals surface area contributed by atoms with E-state index in [0.717, 1.165) is 28.5 Å². The third-order valence-corrected chi connectivity index (χ3v) is 3.96.